The fraction of sp³-hybridized carbons (Fsp3) is 0.333. The first-order valence-corrected chi connectivity index (χ1v) is 8.07. The molecule has 0 spiro atoms. The number of rotatable bonds is 6. The third-order valence-corrected chi connectivity index (χ3v) is 4.23. The zero-order valence-electron chi connectivity index (χ0n) is 11.6. The lowest BCUT2D eigenvalue weighted by atomic mass is 10.1. The van der Waals surface area contributed by atoms with Crippen LogP contribution in [-0.4, -0.2) is 24.4 Å². The van der Waals surface area contributed by atoms with E-state index in [2.05, 4.69) is 5.32 Å². The number of hydrogen-bond acceptors (Lipinski definition) is 4. The Kier molecular flexibility index (Phi) is 5.59. The number of carbonyl (C=O) groups excluding carboxylic acids is 2. The van der Waals surface area contributed by atoms with Crippen molar-refractivity contribution in [3.05, 3.63) is 29.8 Å². The van der Waals surface area contributed by atoms with Crippen LogP contribution < -0.4 is 5.32 Å². The topological polar surface area (TPSA) is 55.4 Å². The second-order valence-corrected chi connectivity index (χ2v) is 5.79. The molecule has 1 heterocycles. The summed E-state index contributed by atoms with van der Waals surface area (Å²) < 4.78 is 6.20. The minimum Gasteiger partial charge on any atom is -0.462 e. The molecule has 6 heteroatoms. The first kappa shape index (κ1) is 15.8. The summed E-state index contributed by atoms with van der Waals surface area (Å²) in [6, 6.07) is 7.49. The van der Waals surface area contributed by atoms with E-state index in [4.69, 9.17) is 16.3 Å². The first-order valence-electron chi connectivity index (χ1n) is 6.71. The zero-order chi connectivity index (χ0) is 15.2. The highest BCUT2D eigenvalue weighted by Gasteiger charge is 2.21. The van der Waals surface area contributed by atoms with E-state index in [1.807, 2.05) is 31.2 Å². The number of halogens is 1. The molecule has 0 saturated heterocycles. The van der Waals surface area contributed by atoms with Crippen molar-refractivity contribution in [3.63, 3.8) is 0 Å². The molecule has 0 atom stereocenters. The van der Waals surface area contributed by atoms with E-state index in [-0.39, 0.29) is 11.8 Å². The van der Waals surface area contributed by atoms with Gasteiger partial charge in [0.1, 0.15) is 16.4 Å². The Bertz CT molecular complexity index is 653. The molecule has 0 aliphatic carbocycles. The monoisotopic (exact) mass is 325 g/mol. The summed E-state index contributed by atoms with van der Waals surface area (Å²) in [5.74, 6) is -0.907. The Morgan fingerprint density at radius 1 is 1.33 bits per heavy atom. The Labute approximate surface area is 132 Å². The molecule has 1 aromatic heterocycles. The van der Waals surface area contributed by atoms with Gasteiger partial charge in [0, 0.05) is 10.1 Å². The van der Waals surface area contributed by atoms with Crippen LogP contribution in [0.5, 0.6) is 0 Å². The molecule has 0 bridgehead atoms. The van der Waals surface area contributed by atoms with E-state index >= 15 is 0 Å². The average molecular weight is 326 g/mol. The van der Waals surface area contributed by atoms with Crippen LogP contribution in [0.4, 0.5) is 5.00 Å². The van der Waals surface area contributed by atoms with Gasteiger partial charge in [-0.1, -0.05) is 31.5 Å². The summed E-state index contributed by atoms with van der Waals surface area (Å²) >= 11 is 6.86. The molecule has 21 heavy (non-hydrogen) atoms. The predicted octanol–water partition coefficient (Wildman–Crippen LogP) is 4.04. The molecular weight excluding hydrogens is 310 g/mol. The van der Waals surface area contributed by atoms with Crippen LogP contribution in [0.3, 0.4) is 0 Å². The number of carbonyl (C=O) groups is 2. The van der Waals surface area contributed by atoms with Crippen molar-refractivity contribution in [3.8, 4) is 0 Å². The van der Waals surface area contributed by atoms with Gasteiger partial charge in [-0.15, -0.1) is 22.9 Å². The second-order valence-electron chi connectivity index (χ2n) is 4.47. The van der Waals surface area contributed by atoms with E-state index in [0.717, 1.165) is 22.9 Å². The smallest absolute Gasteiger partial charge is 0.341 e. The number of ether oxygens (including phenoxy) is 1. The third-order valence-electron chi connectivity index (χ3n) is 2.90. The molecule has 0 saturated carbocycles. The van der Waals surface area contributed by atoms with Gasteiger partial charge >= 0.3 is 5.97 Å². The first-order chi connectivity index (χ1) is 10.2. The summed E-state index contributed by atoms with van der Waals surface area (Å²) in [6.07, 6.45) is 1.77. The van der Waals surface area contributed by atoms with Gasteiger partial charge in [0.2, 0.25) is 5.91 Å². The molecule has 1 amide bonds. The van der Waals surface area contributed by atoms with E-state index in [1.54, 1.807) is 0 Å². The molecule has 1 aromatic carbocycles. The molecule has 2 rings (SSSR count). The summed E-state index contributed by atoms with van der Waals surface area (Å²) in [4.78, 5) is 23.8. The molecule has 112 valence electrons. The van der Waals surface area contributed by atoms with Crippen molar-refractivity contribution in [1.82, 2.24) is 0 Å². The van der Waals surface area contributed by atoms with E-state index in [1.165, 1.54) is 11.3 Å². The van der Waals surface area contributed by atoms with Crippen molar-refractivity contribution >= 4 is 49.9 Å². The lowest BCUT2D eigenvalue weighted by molar-refractivity contribution is -0.113. The van der Waals surface area contributed by atoms with Crippen molar-refractivity contribution in [1.29, 1.82) is 0 Å². The fourth-order valence-corrected chi connectivity index (χ4v) is 3.05. The number of amides is 1. The molecule has 4 nitrogen and oxygen atoms in total. The predicted molar refractivity (Wildman–Crippen MR) is 86.4 cm³/mol. The molecule has 0 radical (unpaired) electrons. The number of anilines is 1. The molecule has 0 unspecified atom stereocenters. The quantitative estimate of drug-likeness (QED) is 0.495. The van der Waals surface area contributed by atoms with Crippen LogP contribution in [0.15, 0.2) is 24.3 Å². The Hall–Kier alpha value is -1.59. The minimum atomic E-state index is -0.411. The summed E-state index contributed by atoms with van der Waals surface area (Å²) in [5.41, 5.74) is 0.408. The number of nitrogens with one attached hydrogen (secondary N) is 1. The standard InChI is InChI=1S/C15H16ClNO3S/c1-2-3-8-20-15(19)13-10-6-4-5-7-11(10)21-14(13)17-12(18)9-16/h4-7H,2-3,8-9H2,1H3,(H,17,18). The van der Waals surface area contributed by atoms with Gasteiger partial charge in [-0.2, -0.15) is 0 Å². The molecular formula is C15H16ClNO3S. The van der Waals surface area contributed by atoms with Gasteiger partial charge in [0.25, 0.3) is 0 Å². The summed E-state index contributed by atoms with van der Waals surface area (Å²) in [6.45, 7) is 2.41. The van der Waals surface area contributed by atoms with Crippen LogP contribution in [-0.2, 0) is 9.53 Å². The van der Waals surface area contributed by atoms with Crippen LogP contribution in [0.1, 0.15) is 30.1 Å². The van der Waals surface area contributed by atoms with Gasteiger partial charge in [-0.3, -0.25) is 4.79 Å². The van der Waals surface area contributed by atoms with E-state index in [9.17, 15) is 9.59 Å². The number of hydrogen-bond donors (Lipinski definition) is 1. The number of esters is 1. The maximum Gasteiger partial charge on any atom is 0.341 e. The van der Waals surface area contributed by atoms with Gasteiger partial charge in [-0.25, -0.2) is 4.79 Å². The Morgan fingerprint density at radius 2 is 2.10 bits per heavy atom. The zero-order valence-corrected chi connectivity index (χ0v) is 13.2. The largest absolute Gasteiger partial charge is 0.462 e. The molecule has 0 fully saturated rings. The van der Waals surface area contributed by atoms with E-state index < -0.39 is 5.97 Å². The lowest BCUT2D eigenvalue weighted by Crippen LogP contribution is -2.15. The number of benzene rings is 1. The molecule has 0 aliphatic rings. The van der Waals surface area contributed by atoms with Gasteiger partial charge in [0.05, 0.1) is 6.61 Å². The third kappa shape index (κ3) is 3.74. The highest BCUT2D eigenvalue weighted by atomic mass is 35.5. The summed E-state index contributed by atoms with van der Waals surface area (Å²) in [5, 5.41) is 3.94. The number of thiophene rings is 1. The number of unbranched alkanes of at least 4 members (excludes halogenated alkanes) is 1. The summed E-state index contributed by atoms with van der Waals surface area (Å²) in [7, 11) is 0. The van der Waals surface area contributed by atoms with Gasteiger partial charge in [-0.05, 0) is 12.5 Å². The van der Waals surface area contributed by atoms with Crippen LogP contribution in [0.2, 0.25) is 0 Å². The second kappa shape index (κ2) is 7.43. The van der Waals surface area contributed by atoms with Crippen molar-refractivity contribution < 1.29 is 14.3 Å². The highest BCUT2D eigenvalue weighted by Crippen LogP contribution is 2.36. The lowest BCUT2D eigenvalue weighted by Gasteiger charge is -2.06. The molecule has 1 N–H and O–H groups in total. The van der Waals surface area contributed by atoms with Crippen molar-refractivity contribution in [2.24, 2.45) is 0 Å². The number of fused-ring (bicyclic) bond motifs is 1. The maximum absolute atomic E-state index is 12.3. The average Bonchev–Trinajstić information content (AvgIpc) is 2.85. The Morgan fingerprint density at radius 3 is 2.81 bits per heavy atom. The van der Waals surface area contributed by atoms with Gasteiger partial charge in [0.15, 0.2) is 0 Å². The van der Waals surface area contributed by atoms with Crippen molar-refractivity contribution in [2.75, 3.05) is 17.8 Å². The van der Waals surface area contributed by atoms with Crippen molar-refractivity contribution in [2.45, 2.75) is 19.8 Å². The SMILES string of the molecule is CCCCOC(=O)c1c(NC(=O)CCl)sc2ccccc12. The minimum absolute atomic E-state index is 0.154. The Balaban J connectivity index is 2.35. The molecule has 0 aliphatic heterocycles. The maximum atomic E-state index is 12.3. The normalized spacial score (nSPS) is 10.6. The van der Waals surface area contributed by atoms with Crippen LogP contribution >= 0.6 is 22.9 Å². The number of alkyl halides is 1. The van der Waals surface area contributed by atoms with Gasteiger partial charge < -0.3 is 10.1 Å². The fourth-order valence-electron chi connectivity index (χ4n) is 1.88. The molecule has 2 aromatic rings. The highest BCUT2D eigenvalue weighted by molar-refractivity contribution is 7.23. The van der Waals surface area contributed by atoms with Crippen LogP contribution in [0, 0.1) is 0 Å². The van der Waals surface area contributed by atoms with E-state index in [0.29, 0.717) is 17.2 Å². The van der Waals surface area contributed by atoms with Crippen LogP contribution in [0.25, 0.3) is 10.1 Å².